The van der Waals surface area contributed by atoms with E-state index in [-0.39, 0.29) is 0 Å². The molecule has 5 heteroatoms. The van der Waals surface area contributed by atoms with E-state index in [1.807, 2.05) is 11.7 Å². The Labute approximate surface area is 75.7 Å². The van der Waals surface area contributed by atoms with Crippen LogP contribution in [0.4, 0.5) is 0 Å². The van der Waals surface area contributed by atoms with Gasteiger partial charge in [0.1, 0.15) is 0 Å². The summed E-state index contributed by atoms with van der Waals surface area (Å²) in [5, 5.41) is 2.80. The van der Waals surface area contributed by atoms with Crippen LogP contribution in [0.2, 0.25) is 0 Å². The molecule has 0 fully saturated rings. The molecule has 0 spiro atoms. The van der Waals surface area contributed by atoms with E-state index < -0.39 is 9.05 Å². The summed E-state index contributed by atoms with van der Waals surface area (Å²) in [6.45, 7) is 1.80. The van der Waals surface area contributed by atoms with Crippen LogP contribution in [0.15, 0.2) is 22.5 Å². The fourth-order valence-corrected chi connectivity index (χ4v) is 1.40. The monoisotopic (exact) mass is 212 g/mol. The molecule has 0 aromatic heterocycles. The fraction of sp³-hybridized carbons (Fsp3) is 0.333. The number of rotatable bonds is 3. The molecule has 0 rings (SSSR count). The molecule has 0 atom stereocenters. The molecule has 0 bridgehead atoms. The molecule has 0 N–H and O–H groups in total. The maximum absolute atomic E-state index is 10.4. The Morgan fingerprint density at radius 3 is 2.45 bits per heavy atom. The topological polar surface area (TPSA) is 34.1 Å². The molecule has 0 heterocycles. The van der Waals surface area contributed by atoms with Crippen LogP contribution in [-0.2, 0) is 9.05 Å². The molecule has 0 aromatic rings. The summed E-state index contributed by atoms with van der Waals surface area (Å²) >= 11 is 1.51. The quantitative estimate of drug-likeness (QED) is 0.532. The first-order valence-corrected chi connectivity index (χ1v) is 6.44. The highest BCUT2D eigenvalue weighted by molar-refractivity contribution is 8.16. The third-order valence-corrected chi connectivity index (χ3v) is 2.17. The van der Waals surface area contributed by atoms with Gasteiger partial charge in [-0.25, -0.2) is 8.42 Å². The third kappa shape index (κ3) is 7.97. The molecule has 0 saturated carbocycles. The van der Waals surface area contributed by atoms with Gasteiger partial charge >= 0.3 is 0 Å². The second-order valence-electron chi connectivity index (χ2n) is 1.88. The largest absolute Gasteiger partial charge is 0.254 e. The van der Waals surface area contributed by atoms with E-state index in [2.05, 4.69) is 0 Å². The van der Waals surface area contributed by atoms with E-state index >= 15 is 0 Å². The van der Waals surface area contributed by atoms with Crippen LogP contribution in [0.3, 0.4) is 0 Å². The second kappa shape index (κ2) is 4.85. The van der Waals surface area contributed by atoms with E-state index in [1.54, 1.807) is 6.92 Å². The first kappa shape index (κ1) is 11.1. The van der Waals surface area contributed by atoms with Gasteiger partial charge in [0.15, 0.2) is 0 Å². The van der Waals surface area contributed by atoms with Crippen molar-refractivity contribution in [3.05, 3.63) is 22.5 Å². The van der Waals surface area contributed by atoms with Crippen LogP contribution >= 0.6 is 22.4 Å². The maximum Gasteiger partial charge on any atom is 0.254 e. The van der Waals surface area contributed by atoms with Gasteiger partial charge in [-0.05, 0) is 30.2 Å². The highest BCUT2D eigenvalue weighted by atomic mass is 35.7. The number of halogens is 1. The van der Waals surface area contributed by atoms with Gasteiger partial charge in [-0.15, -0.1) is 11.8 Å². The van der Waals surface area contributed by atoms with Crippen molar-refractivity contribution in [2.45, 2.75) is 6.92 Å². The van der Waals surface area contributed by atoms with Gasteiger partial charge in [0.05, 0.1) is 0 Å². The zero-order chi connectivity index (χ0) is 8.91. The Balaban J connectivity index is 4.27. The molecule has 0 unspecified atom stereocenters. The van der Waals surface area contributed by atoms with Crippen molar-refractivity contribution in [3.8, 4) is 0 Å². The molecule has 0 amide bonds. The summed E-state index contributed by atoms with van der Waals surface area (Å²) in [7, 11) is 1.43. The molecule has 0 aliphatic rings. The lowest BCUT2D eigenvalue weighted by atomic mass is 10.4. The standard InChI is InChI=1S/C6H9ClO2S2/c1-6(5-10-2)3-4-11(7,8)9/h3-5H,1-2H3/b4-3+,6-5-. The highest BCUT2D eigenvalue weighted by Crippen LogP contribution is 2.06. The van der Waals surface area contributed by atoms with Crippen LogP contribution in [0.25, 0.3) is 0 Å². The minimum Gasteiger partial charge on any atom is -0.208 e. The van der Waals surface area contributed by atoms with Crippen LogP contribution in [0, 0.1) is 0 Å². The lowest BCUT2D eigenvalue weighted by Crippen LogP contribution is -1.79. The molecule has 0 radical (unpaired) electrons. The van der Waals surface area contributed by atoms with Crippen molar-refractivity contribution in [2.24, 2.45) is 0 Å². The van der Waals surface area contributed by atoms with Gasteiger partial charge in [0, 0.05) is 16.1 Å². The SMILES string of the molecule is CS/C=C(C)\C=C\S(=O)(=O)Cl. The summed E-state index contributed by atoms with van der Waals surface area (Å²) < 4.78 is 20.8. The zero-order valence-corrected chi connectivity index (χ0v) is 8.63. The molecular weight excluding hydrogens is 204 g/mol. The lowest BCUT2D eigenvalue weighted by Gasteiger charge is -1.87. The minimum atomic E-state index is -3.50. The van der Waals surface area contributed by atoms with Gasteiger partial charge < -0.3 is 0 Å². The molecule has 11 heavy (non-hydrogen) atoms. The average Bonchev–Trinajstić information content (AvgIpc) is 1.83. The van der Waals surface area contributed by atoms with Crippen molar-refractivity contribution in [1.29, 1.82) is 0 Å². The zero-order valence-electron chi connectivity index (χ0n) is 6.24. The number of allylic oxidation sites excluding steroid dienone is 2. The Morgan fingerprint density at radius 2 is 2.09 bits per heavy atom. The second-order valence-corrected chi connectivity index (χ2v) is 5.10. The van der Waals surface area contributed by atoms with Gasteiger partial charge in [0.2, 0.25) is 0 Å². The highest BCUT2D eigenvalue weighted by Gasteiger charge is 1.95. The predicted molar refractivity (Wildman–Crippen MR) is 51.2 cm³/mol. The molecule has 0 aromatic carbocycles. The van der Waals surface area contributed by atoms with Gasteiger partial charge in [-0.2, -0.15) is 0 Å². The Morgan fingerprint density at radius 1 is 1.55 bits per heavy atom. The lowest BCUT2D eigenvalue weighted by molar-refractivity contribution is 0.617. The summed E-state index contributed by atoms with van der Waals surface area (Å²) in [6.07, 6.45) is 3.35. The van der Waals surface area contributed by atoms with Crippen LogP contribution < -0.4 is 0 Å². The van der Waals surface area contributed by atoms with E-state index in [0.29, 0.717) is 0 Å². The summed E-state index contributed by atoms with van der Waals surface area (Å²) in [5.41, 5.74) is 0.863. The Kier molecular flexibility index (Phi) is 4.88. The summed E-state index contributed by atoms with van der Waals surface area (Å²) in [6, 6.07) is 0. The molecule has 0 aliphatic carbocycles. The van der Waals surface area contributed by atoms with Crippen molar-refractivity contribution in [3.63, 3.8) is 0 Å². The van der Waals surface area contributed by atoms with Crippen LogP contribution in [-0.4, -0.2) is 14.7 Å². The van der Waals surface area contributed by atoms with Crippen LogP contribution in [0.5, 0.6) is 0 Å². The number of thioether (sulfide) groups is 1. The normalized spacial score (nSPS) is 14.3. The summed E-state index contributed by atoms with van der Waals surface area (Å²) in [4.78, 5) is 0. The molecule has 0 saturated heterocycles. The maximum atomic E-state index is 10.4. The van der Waals surface area contributed by atoms with Crippen molar-refractivity contribution < 1.29 is 8.42 Å². The average molecular weight is 213 g/mol. The smallest absolute Gasteiger partial charge is 0.208 e. The minimum absolute atomic E-state index is 0.863. The van der Waals surface area contributed by atoms with Gasteiger partial charge in [0.25, 0.3) is 9.05 Å². The van der Waals surface area contributed by atoms with Crippen molar-refractivity contribution in [1.82, 2.24) is 0 Å². The molecular formula is C6H9ClO2S2. The predicted octanol–water partition coefficient (Wildman–Crippen LogP) is 2.34. The van der Waals surface area contributed by atoms with E-state index in [0.717, 1.165) is 11.0 Å². The number of hydrogen-bond acceptors (Lipinski definition) is 3. The Hall–Kier alpha value is 0.0700. The van der Waals surface area contributed by atoms with Gasteiger partial charge in [-0.3, -0.25) is 0 Å². The molecule has 0 aliphatic heterocycles. The number of hydrogen-bond donors (Lipinski definition) is 0. The third-order valence-electron chi connectivity index (χ3n) is 0.797. The van der Waals surface area contributed by atoms with Crippen LogP contribution in [0.1, 0.15) is 6.92 Å². The molecule has 2 nitrogen and oxygen atoms in total. The van der Waals surface area contributed by atoms with E-state index in [4.69, 9.17) is 10.7 Å². The first-order chi connectivity index (χ1) is 4.95. The molecule has 64 valence electrons. The van der Waals surface area contributed by atoms with E-state index in [1.165, 1.54) is 17.8 Å². The Bertz CT molecular complexity index is 264. The van der Waals surface area contributed by atoms with Crippen molar-refractivity contribution in [2.75, 3.05) is 6.26 Å². The van der Waals surface area contributed by atoms with Crippen molar-refractivity contribution >= 4 is 31.5 Å². The fourth-order valence-electron chi connectivity index (χ4n) is 0.414. The first-order valence-electron chi connectivity index (χ1n) is 2.78. The summed E-state index contributed by atoms with van der Waals surface area (Å²) in [5.74, 6) is 0. The van der Waals surface area contributed by atoms with E-state index in [9.17, 15) is 8.42 Å². The van der Waals surface area contributed by atoms with Gasteiger partial charge in [-0.1, -0.05) is 0 Å².